The summed E-state index contributed by atoms with van der Waals surface area (Å²) in [6.45, 7) is 4.15. The van der Waals surface area contributed by atoms with Crippen molar-refractivity contribution in [3.8, 4) is 0 Å². The average molecular weight is 270 g/mol. The molecule has 1 aromatic heterocycles. The van der Waals surface area contributed by atoms with Gasteiger partial charge in [-0.2, -0.15) is 0 Å². The molecule has 3 atom stereocenters. The van der Waals surface area contributed by atoms with Gasteiger partial charge in [0.15, 0.2) is 0 Å². The van der Waals surface area contributed by atoms with Gasteiger partial charge < -0.3 is 4.74 Å². The van der Waals surface area contributed by atoms with E-state index >= 15 is 0 Å². The van der Waals surface area contributed by atoms with Crippen LogP contribution < -0.4 is 0 Å². The summed E-state index contributed by atoms with van der Waals surface area (Å²) >= 11 is 3.69. The average Bonchev–Trinajstić information content (AvgIpc) is 2.16. The number of hydrogen-bond acceptors (Lipinski definition) is 2. The molecular formula is C12H16BrNO. The molecule has 0 aromatic carbocycles. The highest BCUT2D eigenvalue weighted by Crippen LogP contribution is 2.34. The van der Waals surface area contributed by atoms with E-state index < -0.39 is 0 Å². The molecule has 1 aliphatic rings. The van der Waals surface area contributed by atoms with Gasteiger partial charge in [0.25, 0.3) is 0 Å². The second-order valence-corrected chi connectivity index (χ2v) is 5.53. The van der Waals surface area contributed by atoms with Crippen LogP contribution in [0.3, 0.4) is 0 Å². The summed E-state index contributed by atoms with van der Waals surface area (Å²) in [5, 5.41) is 0. The first-order valence-corrected chi connectivity index (χ1v) is 6.29. The van der Waals surface area contributed by atoms with Crippen molar-refractivity contribution >= 4 is 15.9 Å². The summed E-state index contributed by atoms with van der Waals surface area (Å²) in [6, 6.07) is 4.16. The Hall–Kier alpha value is -0.410. The summed E-state index contributed by atoms with van der Waals surface area (Å²) < 4.78 is 5.94. The van der Waals surface area contributed by atoms with E-state index in [0.29, 0.717) is 10.9 Å². The third-order valence-electron chi connectivity index (χ3n) is 2.75. The first-order valence-electron chi connectivity index (χ1n) is 5.37. The molecule has 1 aliphatic heterocycles. The first-order chi connectivity index (χ1) is 7.15. The highest BCUT2D eigenvalue weighted by molar-refractivity contribution is 9.09. The molecule has 0 radical (unpaired) electrons. The number of alkyl halides is 1. The Kier molecular flexibility index (Phi) is 3.42. The maximum Gasteiger partial charge on any atom is 0.0840 e. The number of pyridine rings is 1. The van der Waals surface area contributed by atoms with Crippen LogP contribution in [-0.4, -0.2) is 15.9 Å². The quantitative estimate of drug-likeness (QED) is 0.730. The molecular weight excluding hydrogens is 254 g/mol. The fraction of sp³-hybridized carbons (Fsp3) is 0.583. The van der Waals surface area contributed by atoms with Crippen molar-refractivity contribution in [2.24, 2.45) is 0 Å². The zero-order valence-electron chi connectivity index (χ0n) is 9.11. The second-order valence-electron chi connectivity index (χ2n) is 4.23. The lowest BCUT2D eigenvalue weighted by Gasteiger charge is -2.31. The van der Waals surface area contributed by atoms with Crippen molar-refractivity contribution in [3.63, 3.8) is 0 Å². The predicted molar refractivity (Wildman–Crippen MR) is 64.2 cm³/mol. The van der Waals surface area contributed by atoms with Gasteiger partial charge in [0.2, 0.25) is 0 Å². The molecule has 0 aliphatic carbocycles. The molecule has 2 rings (SSSR count). The molecule has 0 bridgehead atoms. The van der Waals surface area contributed by atoms with Crippen LogP contribution in [0.5, 0.6) is 0 Å². The molecule has 0 unspecified atom stereocenters. The van der Waals surface area contributed by atoms with Gasteiger partial charge in [-0.3, -0.25) is 4.98 Å². The summed E-state index contributed by atoms with van der Waals surface area (Å²) in [5.41, 5.74) is 2.30. The molecule has 3 heteroatoms. The maximum atomic E-state index is 5.94. The zero-order valence-corrected chi connectivity index (χ0v) is 10.7. The van der Waals surface area contributed by atoms with Crippen molar-refractivity contribution in [3.05, 3.63) is 29.6 Å². The van der Waals surface area contributed by atoms with Crippen LogP contribution in [0.1, 0.15) is 37.1 Å². The van der Waals surface area contributed by atoms with Crippen LogP contribution in [-0.2, 0) is 4.74 Å². The summed E-state index contributed by atoms with van der Waals surface area (Å²) in [6.07, 6.45) is 4.56. The Balaban J connectivity index is 2.16. The van der Waals surface area contributed by atoms with Gasteiger partial charge in [0, 0.05) is 16.7 Å². The largest absolute Gasteiger partial charge is 0.371 e. The van der Waals surface area contributed by atoms with E-state index in [1.807, 2.05) is 13.1 Å². The number of halogens is 1. The highest BCUT2D eigenvalue weighted by Gasteiger charge is 2.26. The topological polar surface area (TPSA) is 22.1 Å². The summed E-state index contributed by atoms with van der Waals surface area (Å²) in [5.74, 6) is 0. The van der Waals surface area contributed by atoms with E-state index in [-0.39, 0.29) is 6.10 Å². The van der Waals surface area contributed by atoms with Gasteiger partial charge in [-0.25, -0.2) is 0 Å². The van der Waals surface area contributed by atoms with E-state index in [2.05, 4.69) is 40.0 Å². The fourth-order valence-corrected chi connectivity index (χ4v) is 2.93. The Morgan fingerprint density at radius 2 is 2.27 bits per heavy atom. The number of aromatic nitrogens is 1. The standard InChI is InChI=1S/C12H16BrNO/c1-8-5-10(3-4-14-8)12-7-11(13)6-9(2)15-12/h3-5,9,11-12H,6-7H2,1-2H3/t9-,11+,12-/m1/s1. The smallest absolute Gasteiger partial charge is 0.0840 e. The first kappa shape index (κ1) is 11.1. The van der Waals surface area contributed by atoms with E-state index in [1.54, 1.807) is 0 Å². The Morgan fingerprint density at radius 1 is 1.47 bits per heavy atom. The molecule has 1 fully saturated rings. The molecule has 1 aromatic rings. The van der Waals surface area contributed by atoms with E-state index in [0.717, 1.165) is 18.5 Å². The molecule has 0 saturated carbocycles. The third-order valence-corrected chi connectivity index (χ3v) is 3.49. The normalized spacial score (nSPS) is 31.5. The summed E-state index contributed by atoms with van der Waals surface area (Å²) in [4.78, 5) is 4.77. The molecule has 2 nitrogen and oxygen atoms in total. The van der Waals surface area contributed by atoms with Crippen LogP contribution in [0, 0.1) is 6.92 Å². The van der Waals surface area contributed by atoms with Crippen LogP contribution in [0.25, 0.3) is 0 Å². The van der Waals surface area contributed by atoms with Crippen LogP contribution in [0.15, 0.2) is 18.3 Å². The predicted octanol–water partition coefficient (Wildman–Crippen LogP) is 3.39. The van der Waals surface area contributed by atoms with Crippen LogP contribution >= 0.6 is 15.9 Å². The van der Waals surface area contributed by atoms with Gasteiger partial charge in [-0.15, -0.1) is 0 Å². The van der Waals surface area contributed by atoms with Crippen molar-refractivity contribution in [1.82, 2.24) is 4.98 Å². The van der Waals surface area contributed by atoms with E-state index in [9.17, 15) is 0 Å². The van der Waals surface area contributed by atoms with Gasteiger partial charge in [-0.1, -0.05) is 15.9 Å². The Labute approximate surface area is 99.2 Å². The van der Waals surface area contributed by atoms with Gasteiger partial charge in [0.05, 0.1) is 12.2 Å². The lowest BCUT2D eigenvalue weighted by Crippen LogP contribution is -2.26. The molecule has 0 amide bonds. The monoisotopic (exact) mass is 269 g/mol. The highest BCUT2D eigenvalue weighted by atomic mass is 79.9. The number of nitrogens with zero attached hydrogens (tertiary/aromatic N) is 1. The number of hydrogen-bond donors (Lipinski definition) is 0. The Morgan fingerprint density at radius 3 is 2.93 bits per heavy atom. The number of rotatable bonds is 1. The minimum absolute atomic E-state index is 0.222. The number of aryl methyl sites for hydroxylation is 1. The molecule has 82 valence electrons. The third kappa shape index (κ3) is 2.79. The SMILES string of the molecule is Cc1cc([C@H]2C[C@@H](Br)C[C@@H](C)O2)ccn1. The lowest BCUT2D eigenvalue weighted by atomic mass is 9.99. The second kappa shape index (κ2) is 4.62. The van der Waals surface area contributed by atoms with E-state index in [4.69, 9.17) is 4.74 Å². The van der Waals surface area contributed by atoms with Crippen LogP contribution in [0.4, 0.5) is 0 Å². The summed E-state index contributed by atoms with van der Waals surface area (Å²) in [7, 11) is 0. The molecule has 0 spiro atoms. The minimum atomic E-state index is 0.222. The zero-order chi connectivity index (χ0) is 10.8. The van der Waals surface area contributed by atoms with Crippen molar-refractivity contribution in [1.29, 1.82) is 0 Å². The van der Waals surface area contributed by atoms with Crippen LogP contribution in [0.2, 0.25) is 0 Å². The Bertz CT molecular complexity index is 332. The van der Waals surface area contributed by atoms with E-state index in [1.165, 1.54) is 5.56 Å². The lowest BCUT2D eigenvalue weighted by molar-refractivity contribution is -0.0380. The number of ether oxygens (including phenoxy) is 1. The van der Waals surface area contributed by atoms with Gasteiger partial charge in [0.1, 0.15) is 0 Å². The van der Waals surface area contributed by atoms with Gasteiger partial charge >= 0.3 is 0 Å². The van der Waals surface area contributed by atoms with Crippen molar-refractivity contribution in [2.45, 2.75) is 43.7 Å². The van der Waals surface area contributed by atoms with Crippen molar-refractivity contribution < 1.29 is 4.74 Å². The molecule has 15 heavy (non-hydrogen) atoms. The maximum absolute atomic E-state index is 5.94. The molecule has 2 heterocycles. The fourth-order valence-electron chi connectivity index (χ4n) is 2.06. The molecule has 0 N–H and O–H groups in total. The van der Waals surface area contributed by atoms with Crippen molar-refractivity contribution in [2.75, 3.05) is 0 Å². The minimum Gasteiger partial charge on any atom is -0.371 e. The molecule has 1 saturated heterocycles. The van der Waals surface area contributed by atoms with Gasteiger partial charge in [-0.05, 0) is 44.4 Å².